The molecule has 0 aliphatic carbocycles. The molecular formula is C23H27NO4. The number of rotatable bonds is 6. The van der Waals surface area contributed by atoms with Gasteiger partial charge in [-0.2, -0.15) is 0 Å². The van der Waals surface area contributed by atoms with E-state index in [0.29, 0.717) is 24.5 Å². The molecule has 1 amide bonds. The van der Waals surface area contributed by atoms with E-state index in [1.165, 1.54) is 5.56 Å². The van der Waals surface area contributed by atoms with Crippen LogP contribution in [0.5, 0.6) is 11.5 Å². The van der Waals surface area contributed by atoms with Crippen LogP contribution >= 0.6 is 0 Å². The molecule has 5 heteroatoms. The SMILES string of the molecule is COc1cc(C)c(CN(C)C(=O)Cc2coc3c(C)c(C)ccc23)cc1OC. The van der Waals surface area contributed by atoms with Gasteiger partial charge in [-0.3, -0.25) is 4.79 Å². The number of fused-ring (bicyclic) bond motifs is 1. The lowest BCUT2D eigenvalue weighted by atomic mass is 10.0. The Morgan fingerprint density at radius 1 is 1.00 bits per heavy atom. The van der Waals surface area contributed by atoms with E-state index >= 15 is 0 Å². The molecule has 3 rings (SSSR count). The topological polar surface area (TPSA) is 51.9 Å². The maximum Gasteiger partial charge on any atom is 0.227 e. The fourth-order valence-corrected chi connectivity index (χ4v) is 3.36. The first-order chi connectivity index (χ1) is 13.3. The van der Waals surface area contributed by atoms with Crippen LogP contribution in [0.25, 0.3) is 11.0 Å². The molecule has 0 atom stereocenters. The molecule has 0 unspecified atom stereocenters. The third-order valence-corrected chi connectivity index (χ3v) is 5.36. The first-order valence-electron chi connectivity index (χ1n) is 9.27. The summed E-state index contributed by atoms with van der Waals surface area (Å²) < 4.78 is 16.5. The third-order valence-electron chi connectivity index (χ3n) is 5.36. The lowest BCUT2D eigenvalue weighted by Gasteiger charge is -2.20. The van der Waals surface area contributed by atoms with Gasteiger partial charge in [-0.05, 0) is 55.2 Å². The molecular weight excluding hydrogens is 354 g/mol. The number of likely N-dealkylation sites (N-methyl/N-ethyl adjacent to an activating group) is 1. The maximum atomic E-state index is 12.8. The van der Waals surface area contributed by atoms with Gasteiger partial charge in [0.05, 0.1) is 26.9 Å². The minimum atomic E-state index is 0.0371. The summed E-state index contributed by atoms with van der Waals surface area (Å²) in [6.45, 7) is 6.60. The standard InChI is InChI=1S/C23H27NO4/c1-14-7-8-19-18(13-28-23(19)16(14)3)11-22(25)24(4)12-17-10-21(27-6)20(26-5)9-15(17)2/h7-10,13H,11-12H2,1-6H3. The monoisotopic (exact) mass is 381 g/mol. The summed E-state index contributed by atoms with van der Waals surface area (Å²) >= 11 is 0. The van der Waals surface area contributed by atoms with E-state index in [1.54, 1.807) is 25.4 Å². The van der Waals surface area contributed by atoms with Crippen molar-refractivity contribution in [2.75, 3.05) is 21.3 Å². The first kappa shape index (κ1) is 19.8. The summed E-state index contributed by atoms with van der Waals surface area (Å²) in [5.74, 6) is 1.39. The molecule has 1 heterocycles. The number of hydrogen-bond acceptors (Lipinski definition) is 4. The number of methoxy groups -OCH3 is 2. The molecule has 148 valence electrons. The summed E-state index contributed by atoms with van der Waals surface area (Å²) in [5.41, 5.74) is 6.15. The van der Waals surface area contributed by atoms with E-state index in [0.717, 1.165) is 33.2 Å². The number of carbonyl (C=O) groups is 1. The number of amides is 1. The van der Waals surface area contributed by atoms with Crippen molar-refractivity contribution in [3.63, 3.8) is 0 Å². The molecule has 5 nitrogen and oxygen atoms in total. The van der Waals surface area contributed by atoms with Crippen LogP contribution in [0.15, 0.2) is 34.9 Å². The molecule has 0 aliphatic heterocycles. The number of hydrogen-bond donors (Lipinski definition) is 0. The highest BCUT2D eigenvalue weighted by molar-refractivity contribution is 5.89. The van der Waals surface area contributed by atoms with Crippen LogP contribution in [0.3, 0.4) is 0 Å². The lowest BCUT2D eigenvalue weighted by molar-refractivity contribution is -0.129. The van der Waals surface area contributed by atoms with Gasteiger partial charge >= 0.3 is 0 Å². The molecule has 1 aromatic heterocycles. The average Bonchev–Trinajstić information content (AvgIpc) is 3.09. The minimum Gasteiger partial charge on any atom is -0.493 e. The zero-order chi connectivity index (χ0) is 20.4. The molecule has 28 heavy (non-hydrogen) atoms. The molecule has 0 radical (unpaired) electrons. The highest BCUT2D eigenvalue weighted by Gasteiger charge is 2.17. The zero-order valence-electron chi connectivity index (χ0n) is 17.4. The fourth-order valence-electron chi connectivity index (χ4n) is 3.36. The molecule has 2 aromatic carbocycles. The summed E-state index contributed by atoms with van der Waals surface area (Å²) in [5, 5.41) is 1.01. The largest absolute Gasteiger partial charge is 0.493 e. The zero-order valence-corrected chi connectivity index (χ0v) is 17.4. The van der Waals surface area contributed by atoms with Gasteiger partial charge in [0.1, 0.15) is 5.58 Å². The number of nitrogens with zero attached hydrogens (tertiary/aromatic N) is 1. The van der Waals surface area contributed by atoms with Gasteiger partial charge in [-0.1, -0.05) is 12.1 Å². The van der Waals surface area contributed by atoms with Crippen molar-refractivity contribution >= 4 is 16.9 Å². The second-order valence-corrected chi connectivity index (χ2v) is 7.21. The summed E-state index contributed by atoms with van der Waals surface area (Å²) in [6, 6.07) is 7.96. The lowest BCUT2D eigenvalue weighted by Crippen LogP contribution is -2.28. The minimum absolute atomic E-state index is 0.0371. The van der Waals surface area contributed by atoms with Gasteiger partial charge in [-0.25, -0.2) is 0 Å². The van der Waals surface area contributed by atoms with Crippen molar-refractivity contribution in [2.24, 2.45) is 0 Å². The highest BCUT2D eigenvalue weighted by atomic mass is 16.5. The Kier molecular flexibility index (Phi) is 5.63. The predicted molar refractivity (Wildman–Crippen MR) is 110 cm³/mol. The second-order valence-electron chi connectivity index (χ2n) is 7.21. The normalized spacial score (nSPS) is 10.9. The van der Waals surface area contributed by atoms with Gasteiger partial charge in [0, 0.05) is 24.5 Å². The number of carbonyl (C=O) groups excluding carboxylic acids is 1. The first-order valence-corrected chi connectivity index (χ1v) is 9.27. The summed E-state index contributed by atoms with van der Waals surface area (Å²) in [7, 11) is 5.04. The van der Waals surface area contributed by atoms with E-state index in [4.69, 9.17) is 13.9 Å². The van der Waals surface area contributed by atoms with Crippen molar-refractivity contribution in [3.8, 4) is 11.5 Å². The van der Waals surface area contributed by atoms with Gasteiger partial charge in [0.15, 0.2) is 11.5 Å². The number of furan rings is 1. The van der Waals surface area contributed by atoms with Crippen molar-refractivity contribution in [1.29, 1.82) is 0 Å². The molecule has 0 bridgehead atoms. The second kappa shape index (κ2) is 7.97. The van der Waals surface area contributed by atoms with E-state index in [9.17, 15) is 4.79 Å². The van der Waals surface area contributed by atoms with Crippen LogP contribution in [0, 0.1) is 20.8 Å². The third kappa shape index (κ3) is 3.70. The van der Waals surface area contributed by atoms with E-state index in [-0.39, 0.29) is 5.91 Å². The van der Waals surface area contributed by atoms with Crippen LogP contribution in [0.4, 0.5) is 0 Å². The van der Waals surface area contributed by atoms with Gasteiger partial charge in [0.25, 0.3) is 0 Å². The molecule has 0 aliphatic rings. The summed E-state index contributed by atoms with van der Waals surface area (Å²) in [4.78, 5) is 14.6. The van der Waals surface area contributed by atoms with Crippen LogP contribution in [-0.2, 0) is 17.8 Å². The Hall–Kier alpha value is -2.95. The van der Waals surface area contributed by atoms with Crippen molar-refractivity contribution in [1.82, 2.24) is 4.90 Å². The Balaban J connectivity index is 1.78. The Morgan fingerprint density at radius 3 is 2.36 bits per heavy atom. The molecule has 3 aromatic rings. The smallest absolute Gasteiger partial charge is 0.227 e. The van der Waals surface area contributed by atoms with Crippen molar-refractivity contribution < 1.29 is 18.7 Å². The molecule has 0 spiro atoms. The Bertz CT molecular complexity index is 1020. The Morgan fingerprint density at radius 2 is 1.68 bits per heavy atom. The van der Waals surface area contributed by atoms with Gasteiger partial charge in [0.2, 0.25) is 5.91 Å². The van der Waals surface area contributed by atoms with E-state index in [2.05, 4.69) is 13.0 Å². The van der Waals surface area contributed by atoms with Gasteiger partial charge < -0.3 is 18.8 Å². The Labute approximate surface area is 165 Å². The van der Waals surface area contributed by atoms with Gasteiger partial charge in [-0.15, -0.1) is 0 Å². The molecule has 0 fully saturated rings. The fraction of sp³-hybridized carbons (Fsp3) is 0.348. The van der Waals surface area contributed by atoms with E-state index in [1.807, 2.05) is 39.1 Å². The molecule has 0 N–H and O–H groups in total. The highest BCUT2D eigenvalue weighted by Crippen LogP contribution is 2.31. The number of aryl methyl sites for hydroxylation is 3. The van der Waals surface area contributed by atoms with Crippen LogP contribution in [0.1, 0.15) is 27.8 Å². The van der Waals surface area contributed by atoms with E-state index < -0.39 is 0 Å². The van der Waals surface area contributed by atoms with Crippen LogP contribution in [0.2, 0.25) is 0 Å². The van der Waals surface area contributed by atoms with Crippen LogP contribution < -0.4 is 9.47 Å². The number of benzene rings is 2. The van der Waals surface area contributed by atoms with Crippen molar-refractivity contribution in [2.45, 2.75) is 33.7 Å². The molecule has 0 saturated heterocycles. The quantitative estimate of drug-likeness (QED) is 0.627. The van der Waals surface area contributed by atoms with Crippen molar-refractivity contribution in [3.05, 3.63) is 58.3 Å². The maximum absolute atomic E-state index is 12.8. The molecule has 0 saturated carbocycles. The summed E-state index contributed by atoms with van der Waals surface area (Å²) in [6.07, 6.45) is 2.00. The average molecular weight is 381 g/mol. The van der Waals surface area contributed by atoms with Crippen LogP contribution in [-0.4, -0.2) is 32.1 Å². The number of ether oxygens (including phenoxy) is 2. The predicted octanol–water partition coefficient (Wildman–Crippen LogP) is 4.58.